The van der Waals surface area contributed by atoms with E-state index in [0.717, 1.165) is 31.4 Å². The van der Waals surface area contributed by atoms with Gasteiger partial charge in [-0.25, -0.2) is 0 Å². The molecule has 0 aromatic heterocycles. The van der Waals surface area contributed by atoms with Crippen LogP contribution in [0.4, 0.5) is 0 Å². The van der Waals surface area contributed by atoms with Crippen LogP contribution in [0.5, 0.6) is 0 Å². The van der Waals surface area contributed by atoms with Gasteiger partial charge in [-0.3, -0.25) is 0 Å². The fourth-order valence-electron chi connectivity index (χ4n) is 4.75. The molecule has 0 aromatic rings. The molecule has 176 valence electrons. The molecule has 0 aromatic carbocycles. The minimum Gasteiger partial charge on any atom is -0.497 e. The highest BCUT2D eigenvalue weighted by molar-refractivity contribution is 6.74. The summed E-state index contributed by atoms with van der Waals surface area (Å²) in [5, 5.41) is 0.172. The smallest absolute Gasteiger partial charge is 0.192 e. The molecule has 5 nitrogen and oxygen atoms in total. The van der Waals surface area contributed by atoms with Crippen LogP contribution in [0.1, 0.15) is 46.5 Å². The Morgan fingerprint density at radius 1 is 1.13 bits per heavy atom. The number of ether oxygens (including phenoxy) is 4. The van der Waals surface area contributed by atoms with Gasteiger partial charge in [0, 0.05) is 18.4 Å². The van der Waals surface area contributed by atoms with Gasteiger partial charge in [-0.05, 0) is 56.0 Å². The van der Waals surface area contributed by atoms with Gasteiger partial charge in [0.05, 0.1) is 32.5 Å². The van der Waals surface area contributed by atoms with Crippen LogP contribution in [0.25, 0.3) is 0 Å². The zero-order valence-electron chi connectivity index (χ0n) is 20.5. The minimum absolute atomic E-state index is 0.0869. The van der Waals surface area contributed by atoms with Gasteiger partial charge in [0.15, 0.2) is 8.32 Å². The second-order valence-corrected chi connectivity index (χ2v) is 15.4. The Balaban J connectivity index is 1.87. The SMILES string of the molecule is COCCOCO[C@@H]1C=C2CC[C@H]3C=CC(OC)=C[C@@]2(CC1)[C@@H]3O[Si](C)(C)C(C)(C)C. The molecule has 0 heterocycles. The topological polar surface area (TPSA) is 46.2 Å². The van der Waals surface area contributed by atoms with Crippen molar-refractivity contribution in [3.05, 3.63) is 35.6 Å². The molecule has 31 heavy (non-hydrogen) atoms. The molecule has 3 rings (SSSR count). The Labute approximate surface area is 189 Å². The van der Waals surface area contributed by atoms with Gasteiger partial charge in [0.2, 0.25) is 0 Å². The quantitative estimate of drug-likeness (QED) is 0.198. The Morgan fingerprint density at radius 3 is 2.58 bits per heavy atom. The average molecular weight is 451 g/mol. The van der Waals surface area contributed by atoms with Gasteiger partial charge in [-0.1, -0.05) is 38.5 Å². The maximum absolute atomic E-state index is 7.17. The van der Waals surface area contributed by atoms with E-state index >= 15 is 0 Å². The average Bonchev–Trinajstić information content (AvgIpc) is 2.79. The van der Waals surface area contributed by atoms with E-state index in [-0.39, 0.29) is 22.7 Å². The first kappa shape index (κ1) is 24.7. The molecule has 0 unspecified atom stereocenters. The van der Waals surface area contributed by atoms with Crippen LogP contribution in [-0.4, -0.2) is 54.8 Å². The summed E-state index contributed by atoms with van der Waals surface area (Å²) in [4.78, 5) is 0. The summed E-state index contributed by atoms with van der Waals surface area (Å²) >= 11 is 0. The highest BCUT2D eigenvalue weighted by Gasteiger charge is 2.53. The van der Waals surface area contributed by atoms with Gasteiger partial charge in [0.25, 0.3) is 0 Å². The predicted octanol–water partition coefficient (Wildman–Crippen LogP) is 5.60. The van der Waals surface area contributed by atoms with Crippen molar-refractivity contribution >= 4 is 8.32 Å². The highest BCUT2D eigenvalue weighted by Crippen LogP contribution is 2.56. The fraction of sp³-hybridized carbons (Fsp3) is 0.760. The molecule has 1 fully saturated rings. The van der Waals surface area contributed by atoms with Gasteiger partial charge < -0.3 is 23.4 Å². The number of methoxy groups -OCH3 is 2. The molecule has 3 aliphatic carbocycles. The molecule has 0 amide bonds. The molecule has 6 heteroatoms. The van der Waals surface area contributed by atoms with E-state index in [2.05, 4.69) is 58.2 Å². The predicted molar refractivity (Wildman–Crippen MR) is 126 cm³/mol. The van der Waals surface area contributed by atoms with Crippen molar-refractivity contribution in [1.82, 2.24) is 0 Å². The van der Waals surface area contributed by atoms with E-state index in [4.69, 9.17) is 23.4 Å². The first-order valence-electron chi connectivity index (χ1n) is 11.7. The van der Waals surface area contributed by atoms with Gasteiger partial charge in [-0.15, -0.1) is 0 Å². The summed E-state index contributed by atoms with van der Waals surface area (Å²) in [6, 6.07) is 0. The molecule has 0 N–H and O–H groups in total. The lowest BCUT2D eigenvalue weighted by Crippen LogP contribution is -2.54. The highest BCUT2D eigenvalue weighted by atomic mass is 28.4. The maximum Gasteiger partial charge on any atom is 0.192 e. The van der Waals surface area contributed by atoms with Crippen molar-refractivity contribution in [2.45, 2.75) is 76.8 Å². The third-order valence-electron chi connectivity index (χ3n) is 7.64. The van der Waals surface area contributed by atoms with Crippen molar-refractivity contribution < 1.29 is 23.4 Å². The zero-order chi connectivity index (χ0) is 22.7. The van der Waals surface area contributed by atoms with Crippen LogP contribution in [0, 0.1) is 11.3 Å². The van der Waals surface area contributed by atoms with Gasteiger partial charge in [-0.2, -0.15) is 0 Å². The molecular formula is C25H42O5Si. The molecular weight excluding hydrogens is 408 g/mol. The van der Waals surface area contributed by atoms with Crippen molar-refractivity contribution in [3.8, 4) is 0 Å². The lowest BCUT2D eigenvalue weighted by Gasteiger charge is -2.53. The molecule has 3 aliphatic rings. The maximum atomic E-state index is 7.17. The monoisotopic (exact) mass is 450 g/mol. The van der Waals surface area contributed by atoms with Crippen molar-refractivity contribution in [2.75, 3.05) is 34.2 Å². The Hall–Kier alpha value is -0.923. The molecule has 0 saturated heterocycles. The summed E-state index contributed by atoms with van der Waals surface area (Å²) in [5.74, 6) is 1.35. The number of hydrogen-bond donors (Lipinski definition) is 0. The third-order valence-corrected chi connectivity index (χ3v) is 12.1. The van der Waals surface area contributed by atoms with E-state index in [1.165, 1.54) is 5.57 Å². The standard InChI is InChI=1S/C25H42O5Si/c1-24(2,3)31(6,7)30-23-19-8-10-20-16-21(29-18-28-15-14-26-4)12-13-25(20,23)17-22(27-5)11-9-19/h9,11,16-17,19,21,23H,8,10,12-15,18H2,1-7H3/t19-,21-,23+,25+/m0/s1. The van der Waals surface area contributed by atoms with Crippen LogP contribution < -0.4 is 0 Å². The number of allylic oxidation sites excluding steroid dienone is 1. The lowest BCUT2D eigenvalue weighted by molar-refractivity contribution is -0.0936. The molecule has 2 bridgehead atoms. The Kier molecular flexibility index (Phi) is 7.91. The summed E-state index contributed by atoms with van der Waals surface area (Å²) < 4.78 is 29.5. The van der Waals surface area contributed by atoms with Crippen molar-refractivity contribution in [3.63, 3.8) is 0 Å². The summed E-state index contributed by atoms with van der Waals surface area (Å²) in [5.41, 5.74) is 1.32. The molecule has 1 saturated carbocycles. The van der Waals surface area contributed by atoms with E-state index in [1.807, 2.05) is 0 Å². The number of rotatable bonds is 9. The number of hydrogen-bond acceptors (Lipinski definition) is 5. The second kappa shape index (κ2) is 9.92. The first-order chi connectivity index (χ1) is 14.6. The molecule has 0 aliphatic heterocycles. The van der Waals surface area contributed by atoms with Gasteiger partial charge >= 0.3 is 0 Å². The molecule has 0 radical (unpaired) electrons. The van der Waals surface area contributed by atoms with E-state index in [9.17, 15) is 0 Å². The summed E-state index contributed by atoms with van der Waals surface area (Å²) in [7, 11) is 1.50. The number of fused-ring (bicyclic) bond motifs is 1. The fourth-order valence-corrected chi connectivity index (χ4v) is 6.12. The van der Waals surface area contributed by atoms with Crippen LogP contribution >= 0.6 is 0 Å². The molecule has 1 spiro atoms. The largest absolute Gasteiger partial charge is 0.497 e. The zero-order valence-corrected chi connectivity index (χ0v) is 21.5. The van der Waals surface area contributed by atoms with Gasteiger partial charge in [0.1, 0.15) is 12.6 Å². The lowest BCUT2D eigenvalue weighted by atomic mass is 9.60. The second-order valence-electron chi connectivity index (χ2n) is 10.6. The summed E-state index contributed by atoms with van der Waals surface area (Å²) in [6.45, 7) is 13.1. The van der Waals surface area contributed by atoms with E-state index in [1.54, 1.807) is 14.2 Å². The van der Waals surface area contributed by atoms with Crippen LogP contribution in [0.3, 0.4) is 0 Å². The Morgan fingerprint density at radius 2 is 1.90 bits per heavy atom. The first-order valence-corrected chi connectivity index (χ1v) is 14.6. The van der Waals surface area contributed by atoms with Crippen molar-refractivity contribution in [2.24, 2.45) is 11.3 Å². The normalized spacial score (nSPS) is 30.9. The molecule has 4 atom stereocenters. The summed E-state index contributed by atoms with van der Waals surface area (Å²) in [6.07, 6.45) is 13.5. The third kappa shape index (κ3) is 5.36. The van der Waals surface area contributed by atoms with Crippen molar-refractivity contribution in [1.29, 1.82) is 0 Å². The van der Waals surface area contributed by atoms with Crippen LogP contribution in [-0.2, 0) is 23.4 Å². The minimum atomic E-state index is -1.94. The Bertz CT molecular complexity index is 705. The van der Waals surface area contributed by atoms with E-state index < -0.39 is 8.32 Å². The van der Waals surface area contributed by atoms with Crippen LogP contribution in [0.2, 0.25) is 18.1 Å². The van der Waals surface area contributed by atoms with Crippen LogP contribution in [0.15, 0.2) is 35.6 Å². The van der Waals surface area contributed by atoms with E-state index in [0.29, 0.717) is 25.9 Å².